The van der Waals surface area contributed by atoms with E-state index >= 15 is 0 Å². The molecule has 0 radical (unpaired) electrons. The van der Waals surface area contributed by atoms with Gasteiger partial charge in [-0.2, -0.15) is 0 Å². The molecule has 2 aliphatic heterocycles. The van der Waals surface area contributed by atoms with Crippen molar-refractivity contribution >= 4 is 34.8 Å². The van der Waals surface area contributed by atoms with E-state index in [0.29, 0.717) is 11.4 Å². The van der Waals surface area contributed by atoms with Crippen LogP contribution in [0.2, 0.25) is 5.02 Å². The average molecular weight is 415 g/mol. The Morgan fingerprint density at radius 1 is 1.07 bits per heavy atom. The van der Waals surface area contributed by atoms with E-state index in [1.54, 1.807) is 31.4 Å². The number of methoxy groups -OCH3 is 1. The Bertz CT molecular complexity index is 923. The maximum absolute atomic E-state index is 13.0. The van der Waals surface area contributed by atoms with Crippen molar-refractivity contribution in [2.24, 2.45) is 0 Å². The summed E-state index contributed by atoms with van der Waals surface area (Å²) in [6.07, 6.45) is 0.260. The molecule has 1 N–H and O–H groups in total. The fourth-order valence-corrected chi connectivity index (χ4v) is 4.43. The Balaban J connectivity index is 1.44. The van der Waals surface area contributed by atoms with Crippen LogP contribution in [0.5, 0.6) is 5.75 Å². The van der Waals surface area contributed by atoms with Gasteiger partial charge in [-0.3, -0.25) is 9.59 Å². The Hall–Kier alpha value is -2.57. The van der Waals surface area contributed by atoms with Gasteiger partial charge in [-0.05, 0) is 48.9 Å². The van der Waals surface area contributed by atoms with E-state index in [1.165, 1.54) is 15.4 Å². The van der Waals surface area contributed by atoms with Gasteiger partial charge in [0.05, 0.1) is 45.4 Å². The number of hydrogen-bond donors (Lipinski definition) is 1. The summed E-state index contributed by atoms with van der Waals surface area (Å²) in [4.78, 5) is 30.5. The number of imide groups is 1. The van der Waals surface area contributed by atoms with E-state index in [9.17, 15) is 9.59 Å². The molecule has 0 bridgehead atoms. The van der Waals surface area contributed by atoms with Crippen molar-refractivity contribution in [2.45, 2.75) is 19.4 Å². The van der Waals surface area contributed by atoms with Gasteiger partial charge in [0.1, 0.15) is 5.75 Å². The lowest BCUT2D eigenvalue weighted by molar-refractivity contribution is -0.915. The molecule has 4 rings (SSSR count). The van der Waals surface area contributed by atoms with Gasteiger partial charge in [0, 0.05) is 10.7 Å². The lowest BCUT2D eigenvalue weighted by Gasteiger charge is -2.36. The predicted molar refractivity (Wildman–Crippen MR) is 113 cm³/mol. The zero-order chi connectivity index (χ0) is 20.5. The minimum atomic E-state index is -0.313. The molecule has 0 saturated carbocycles. The van der Waals surface area contributed by atoms with Crippen LogP contribution in [0.4, 0.5) is 11.4 Å². The van der Waals surface area contributed by atoms with Crippen LogP contribution in [0.1, 0.15) is 12.0 Å². The summed E-state index contributed by atoms with van der Waals surface area (Å²) in [5.74, 6) is 0.454. The molecule has 0 spiro atoms. The first-order valence-corrected chi connectivity index (χ1v) is 10.2. The zero-order valence-electron chi connectivity index (χ0n) is 16.7. The fourth-order valence-electron chi connectivity index (χ4n) is 4.26. The third-order valence-electron chi connectivity index (χ3n) is 5.89. The Morgan fingerprint density at radius 2 is 1.76 bits per heavy atom. The van der Waals surface area contributed by atoms with Gasteiger partial charge in [-0.1, -0.05) is 17.7 Å². The third kappa shape index (κ3) is 3.82. The maximum atomic E-state index is 13.0. The van der Waals surface area contributed by atoms with Crippen LogP contribution in [0, 0.1) is 6.92 Å². The largest absolute Gasteiger partial charge is 0.497 e. The smallest absolute Gasteiger partial charge is 0.292 e. The van der Waals surface area contributed by atoms with Gasteiger partial charge in [0.25, 0.3) is 5.91 Å². The highest BCUT2D eigenvalue weighted by Crippen LogP contribution is 2.26. The van der Waals surface area contributed by atoms with Gasteiger partial charge in [-0.25, -0.2) is 4.90 Å². The highest BCUT2D eigenvalue weighted by molar-refractivity contribution is 6.30. The summed E-state index contributed by atoms with van der Waals surface area (Å²) < 4.78 is 5.16. The molecule has 0 aromatic heterocycles. The number of nitrogens with zero attached hydrogens (tertiary/aromatic N) is 2. The van der Waals surface area contributed by atoms with Crippen LogP contribution >= 0.6 is 11.6 Å². The van der Waals surface area contributed by atoms with Crippen molar-refractivity contribution in [2.75, 3.05) is 43.1 Å². The van der Waals surface area contributed by atoms with E-state index in [1.807, 2.05) is 18.2 Å². The van der Waals surface area contributed by atoms with Gasteiger partial charge in [0.2, 0.25) is 5.91 Å². The number of halogens is 1. The second-order valence-electron chi connectivity index (χ2n) is 7.60. The molecular formula is C22H25ClN3O3+. The number of quaternary nitrogens is 1. The normalized spacial score (nSPS) is 20.4. The van der Waals surface area contributed by atoms with Gasteiger partial charge < -0.3 is 14.5 Å². The first-order chi connectivity index (χ1) is 14.0. The number of anilines is 2. The Labute approximate surface area is 175 Å². The van der Waals surface area contributed by atoms with Crippen molar-refractivity contribution in [3.8, 4) is 5.75 Å². The number of benzene rings is 2. The first kappa shape index (κ1) is 19.7. The summed E-state index contributed by atoms with van der Waals surface area (Å²) in [5.41, 5.74) is 2.94. The van der Waals surface area contributed by atoms with Crippen LogP contribution < -0.4 is 19.4 Å². The molecular weight excluding hydrogens is 390 g/mol. The second-order valence-corrected chi connectivity index (χ2v) is 8.03. The predicted octanol–water partition coefficient (Wildman–Crippen LogP) is 1.69. The number of ether oxygens (including phenoxy) is 1. The number of nitrogens with one attached hydrogen (secondary N) is 1. The molecule has 29 heavy (non-hydrogen) atoms. The Kier molecular flexibility index (Phi) is 5.48. The Morgan fingerprint density at radius 3 is 2.41 bits per heavy atom. The van der Waals surface area contributed by atoms with Crippen molar-refractivity contribution in [1.29, 1.82) is 0 Å². The molecule has 2 aromatic rings. The number of amides is 2. The SMILES string of the molecule is COc1ccc(N2C(=O)C[C@@H]([NH+]3CCN(c4cc(Cl)ccc4C)CC3)C2=O)cc1. The number of piperazine rings is 1. The van der Waals surface area contributed by atoms with Crippen LogP contribution in [0.15, 0.2) is 42.5 Å². The molecule has 2 aromatic carbocycles. The van der Waals surface area contributed by atoms with Crippen LogP contribution in [-0.4, -0.2) is 51.1 Å². The van der Waals surface area contributed by atoms with E-state index in [2.05, 4.69) is 11.8 Å². The van der Waals surface area contributed by atoms with Crippen LogP contribution in [0.25, 0.3) is 0 Å². The van der Waals surface area contributed by atoms with E-state index in [0.717, 1.165) is 36.9 Å². The van der Waals surface area contributed by atoms with Crippen LogP contribution in [-0.2, 0) is 9.59 Å². The molecule has 6 nitrogen and oxygen atoms in total. The van der Waals surface area contributed by atoms with E-state index in [4.69, 9.17) is 16.3 Å². The molecule has 2 amide bonds. The minimum absolute atomic E-state index is 0.109. The number of aryl methyl sites for hydroxylation is 1. The number of carbonyl (C=O) groups excluding carboxylic acids is 2. The van der Waals surface area contributed by atoms with Crippen LogP contribution in [0.3, 0.4) is 0 Å². The number of rotatable bonds is 4. The minimum Gasteiger partial charge on any atom is -0.497 e. The summed E-state index contributed by atoms with van der Waals surface area (Å²) in [6.45, 7) is 5.36. The van der Waals surface area contributed by atoms with Crippen molar-refractivity contribution < 1.29 is 19.2 Å². The summed E-state index contributed by atoms with van der Waals surface area (Å²) >= 11 is 6.17. The number of carbonyl (C=O) groups is 2. The summed E-state index contributed by atoms with van der Waals surface area (Å²) in [7, 11) is 1.59. The monoisotopic (exact) mass is 414 g/mol. The quantitative estimate of drug-likeness (QED) is 0.774. The molecule has 0 aliphatic carbocycles. The standard InChI is InChI=1S/C22H24ClN3O3/c1-15-3-4-16(23)13-19(15)24-9-11-25(12-10-24)20-14-21(27)26(22(20)28)17-5-7-18(29-2)8-6-17/h3-8,13,20H,9-12,14H2,1-2H3/p+1/t20-/m1/s1. The second kappa shape index (κ2) is 8.05. The highest BCUT2D eigenvalue weighted by Gasteiger charge is 2.46. The average Bonchev–Trinajstić information content (AvgIpc) is 3.04. The van der Waals surface area contributed by atoms with E-state index < -0.39 is 0 Å². The first-order valence-electron chi connectivity index (χ1n) is 9.84. The molecule has 2 aliphatic rings. The number of hydrogen-bond acceptors (Lipinski definition) is 4. The van der Waals surface area contributed by atoms with Crippen molar-refractivity contribution in [3.63, 3.8) is 0 Å². The molecule has 0 unspecified atom stereocenters. The van der Waals surface area contributed by atoms with Crippen molar-refractivity contribution in [1.82, 2.24) is 0 Å². The van der Waals surface area contributed by atoms with E-state index in [-0.39, 0.29) is 24.3 Å². The molecule has 7 heteroatoms. The summed E-state index contributed by atoms with van der Waals surface area (Å²) in [6, 6.07) is 12.7. The molecule has 1 atom stereocenters. The third-order valence-corrected chi connectivity index (χ3v) is 6.12. The highest BCUT2D eigenvalue weighted by atomic mass is 35.5. The van der Waals surface area contributed by atoms with Crippen molar-refractivity contribution in [3.05, 3.63) is 53.1 Å². The van der Waals surface area contributed by atoms with Gasteiger partial charge in [0.15, 0.2) is 6.04 Å². The lowest BCUT2D eigenvalue weighted by atomic mass is 10.1. The molecule has 2 heterocycles. The zero-order valence-corrected chi connectivity index (χ0v) is 17.4. The maximum Gasteiger partial charge on any atom is 0.292 e. The topological polar surface area (TPSA) is 54.3 Å². The summed E-state index contributed by atoms with van der Waals surface area (Å²) in [5, 5.41) is 0.729. The lowest BCUT2D eigenvalue weighted by Crippen LogP contribution is -3.19. The molecule has 152 valence electrons. The van der Waals surface area contributed by atoms with Gasteiger partial charge >= 0.3 is 0 Å². The fraction of sp³-hybridized carbons (Fsp3) is 0.364. The molecule has 2 saturated heterocycles. The molecule has 2 fully saturated rings. The van der Waals surface area contributed by atoms with Gasteiger partial charge in [-0.15, -0.1) is 0 Å².